The molecule has 7 heteroatoms. The van der Waals surface area contributed by atoms with E-state index in [1.165, 1.54) is 0 Å². The van der Waals surface area contributed by atoms with Crippen LogP contribution in [0.2, 0.25) is 0 Å². The van der Waals surface area contributed by atoms with Gasteiger partial charge in [-0.25, -0.2) is 0 Å². The van der Waals surface area contributed by atoms with Crippen molar-refractivity contribution in [2.24, 2.45) is 5.41 Å². The molecule has 3 N–H and O–H groups in total. The number of aliphatic hydroxyl groups excluding tert-OH is 1. The van der Waals surface area contributed by atoms with E-state index in [0.717, 1.165) is 6.54 Å². The van der Waals surface area contributed by atoms with Gasteiger partial charge in [0.25, 0.3) is 0 Å². The third-order valence-electron chi connectivity index (χ3n) is 2.74. The highest BCUT2D eigenvalue weighted by atomic mass is 16.5. The number of nitrogens with one attached hydrogen (secondary N) is 2. The summed E-state index contributed by atoms with van der Waals surface area (Å²) in [6.07, 6.45) is 0.712. The monoisotopic (exact) mass is 283 g/mol. The zero-order valence-corrected chi connectivity index (χ0v) is 12.7. The molecule has 0 atom stereocenters. The van der Waals surface area contributed by atoms with Gasteiger partial charge in [-0.2, -0.15) is 15.0 Å². The van der Waals surface area contributed by atoms with Crippen LogP contribution in [0, 0.1) is 5.41 Å². The smallest absolute Gasteiger partial charge is 0.323 e. The second-order valence-electron chi connectivity index (χ2n) is 5.22. The van der Waals surface area contributed by atoms with Crippen molar-refractivity contribution in [3.05, 3.63) is 0 Å². The average Bonchev–Trinajstić information content (AvgIpc) is 2.37. The minimum atomic E-state index is -0.0362. The summed E-state index contributed by atoms with van der Waals surface area (Å²) in [5.74, 6) is 0.971. The summed E-state index contributed by atoms with van der Waals surface area (Å²) in [5.41, 5.74) is -0.0362. The molecule has 0 bridgehead atoms. The summed E-state index contributed by atoms with van der Waals surface area (Å²) in [7, 11) is 0. The molecule has 1 aromatic rings. The molecule has 114 valence electrons. The minimum absolute atomic E-state index is 0.0362. The van der Waals surface area contributed by atoms with Gasteiger partial charge in [0.05, 0.1) is 6.61 Å². The summed E-state index contributed by atoms with van der Waals surface area (Å²) < 4.78 is 5.33. The first-order chi connectivity index (χ1) is 9.50. The summed E-state index contributed by atoms with van der Waals surface area (Å²) in [5, 5.41) is 15.2. The topological polar surface area (TPSA) is 92.2 Å². The van der Waals surface area contributed by atoms with Gasteiger partial charge >= 0.3 is 6.01 Å². The van der Waals surface area contributed by atoms with E-state index in [0.29, 0.717) is 37.5 Å². The van der Waals surface area contributed by atoms with Gasteiger partial charge in [0.15, 0.2) is 0 Å². The van der Waals surface area contributed by atoms with Crippen molar-refractivity contribution in [1.29, 1.82) is 0 Å². The molecule has 7 nitrogen and oxygen atoms in total. The molecule has 0 radical (unpaired) electrons. The highest BCUT2D eigenvalue weighted by Crippen LogP contribution is 2.20. The van der Waals surface area contributed by atoms with Gasteiger partial charge in [0.2, 0.25) is 11.9 Å². The van der Waals surface area contributed by atoms with Crippen LogP contribution in [0.1, 0.15) is 34.1 Å². The number of rotatable bonds is 9. The van der Waals surface area contributed by atoms with Gasteiger partial charge < -0.3 is 20.5 Å². The first-order valence-corrected chi connectivity index (χ1v) is 6.98. The lowest BCUT2D eigenvalue weighted by Gasteiger charge is -2.23. The summed E-state index contributed by atoms with van der Waals surface area (Å²) in [4.78, 5) is 12.7. The Morgan fingerprint density at radius 2 is 1.75 bits per heavy atom. The molecule has 0 aromatic carbocycles. The number of aromatic nitrogens is 3. The van der Waals surface area contributed by atoms with Crippen LogP contribution < -0.4 is 15.4 Å². The van der Waals surface area contributed by atoms with Crippen LogP contribution in [-0.2, 0) is 0 Å². The van der Waals surface area contributed by atoms with Crippen molar-refractivity contribution in [3.63, 3.8) is 0 Å². The van der Waals surface area contributed by atoms with Crippen LogP contribution in [0.5, 0.6) is 6.01 Å². The molecule has 1 aromatic heterocycles. The zero-order valence-electron chi connectivity index (χ0n) is 12.7. The standard InChI is InChI=1S/C13H25N5O2/c1-5-14-10-16-11(18-12(17-10)20-6-2)15-9-13(3,4)7-8-19/h19H,5-9H2,1-4H3,(H2,14,15,16,17,18). The maximum absolute atomic E-state index is 9.03. The van der Waals surface area contributed by atoms with E-state index in [9.17, 15) is 0 Å². The second kappa shape index (κ2) is 7.84. The van der Waals surface area contributed by atoms with Crippen LogP contribution in [0.25, 0.3) is 0 Å². The van der Waals surface area contributed by atoms with E-state index in [-0.39, 0.29) is 12.0 Å². The number of ether oxygens (including phenoxy) is 1. The number of nitrogens with zero attached hydrogens (tertiary/aromatic N) is 3. The molecular weight excluding hydrogens is 258 g/mol. The third kappa shape index (κ3) is 5.56. The largest absolute Gasteiger partial charge is 0.464 e. The van der Waals surface area contributed by atoms with Crippen LogP contribution >= 0.6 is 0 Å². The van der Waals surface area contributed by atoms with Crippen molar-refractivity contribution in [2.45, 2.75) is 34.1 Å². The SMILES string of the molecule is CCNc1nc(NCC(C)(C)CCO)nc(OCC)n1. The van der Waals surface area contributed by atoms with Crippen molar-refractivity contribution in [1.82, 2.24) is 15.0 Å². The van der Waals surface area contributed by atoms with Crippen molar-refractivity contribution >= 4 is 11.9 Å². The van der Waals surface area contributed by atoms with Gasteiger partial charge in [-0.05, 0) is 25.7 Å². The molecule has 0 saturated heterocycles. The third-order valence-corrected chi connectivity index (χ3v) is 2.74. The molecule has 0 amide bonds. The molecule has 0 aliphatic carbocycles. The fourth-order valence-corrected chi connectivity index (χ4v) is 1.58. The predicted molar refractivity (Wildman–Crippen MR) is 79.1 cm³/mol. The predicted octanol–water partition coefficient (Wildman–Crippen LogP) is 1.52. The number of aliphatic hydroxyl groups is 1. The summed E-state index contributed by atoms with van der Waals surface area (Å²) in [6.45, 7) is 10.1. The van der Waals surface area contributed by atoms with Crippen molar-refractivity contribution in [2.75, 3.05) is 36.9 Å². The van der Waals surface area contributed by atoms with Gasteiger partial charge in [-0.3, -0.25) is 0 Å². The number of anilines is 2. The van der Waals surface area contributed by atoms with Gasteiger partial charge in [0.1, 0.15) is 0 Å². The summed E-state index contributed by atoms with van der Waals surface area (Å²) in [6, 6.07) is 0.306. The Balaban J connectivity index is 2.77. The van der Waals surface area contributed by atoms with E-state index in [1.807, 2.05) is 13.8 Å². The van der Waals surface area contributed by atoms with Crippen molar-refractivity contribution < 1.29 is 9.84 Å². The normalized spacial score (nSPS) is 11.2. The summed E-state index contributed by atoms with van der Waals surface area (Å²) >= 11 is 0. The molecule has 20 heavy (non-hydrogen) atoms. The lowest BCUT2D eigenvalue weighted by atomic mass is 9.90. The Kier molecular flexibility index (Phi) is 6.44. The second-order valence-corrected chi connectivity index (χ2v) is 5.22. The Morgan fingerprint density at radius 3 is 2.30 bits per heavy atom. The van der Waals surface area contributed by atoms with Crippen LogP contribution in [0.15, 0.2) is 0 Å². The van der Waals surface area contributed by atoms with Crippen LogP contribution in [0.3, 0.4) is 0 Å². The molecular formula is C13H25N5O2. The van der Waals surface area contributed by atoms with Crippen LogP contribution in [-0.4, -0.2) is 46.4 Å². The van der Waals surface area contributed by atoms with E-state index >= 15 is 0 Å². The lowest BCUT2D eigenvalue weighted by molar-refractivity contribution is 0.220. The minimum Gasteiger partial charge on any atom is -0.464 e. The Hall–Kier alpha value is -1.63. The zero-order chi connectivity index (χ0) is 15.0. The molecule has 1 heterocycles. The molecule has 0 spiro atoms. The highest BCUT2D eigenvalue weighted by Gasteiger charge is 2.18. The van der Waals surface area contributed by atoms with Crippen molar-refractivity contribution in [3.8, 4) is 6.01 Å². The highest BCUT2D eigenvalue weighted by molar-refractivity contribution is 5.35. The maximum Gasteiger partial charge on any atom is 0.323 e. The number of hydrogen-bond acceptors (Lipinski definition) is 7. The quantitative estimate of drug-likeness (QED) is 0.632. The molecule has 0 aliphatic rings. The van der Waals surface area contributed by atoms with Gasteiger partial charge in [-0.1, -0.05) is 13.8 Å². The first-order valence-electron chi connectivity index (χ1n) is 6.98. The Labute approximate surface area is 120 Å². The van der Waals surface area contributed by atoms with E-state index in [1.54, 1.807) is 0 Å². The van der Waals surface area contributed by atoms with E-state index < -0.39 is 0 Å². The maximum atomic E-state index is 9.03. The lowest BCUT2D eigenvalue weighted by Crippen LogP contribution is -2.25. The Bertz CT molecular complexity index is 387. The molecule has 1 rings (SSSR count). The molecule has 0 unspecified atom stereocenters. The number of hydrogen-bond donors (Lipinski definition) is 3. The van der Waals surface area contributed by atoms with E-state index in [2.05, 4.69) is 39.4 Å². The fourth-order valence-electron chi connectivity index (χ4n) is 1.58. The molecule has 0 fully saturated rings. The van der Waals surface area contributed by atoms with E-state index in [4.69, 9.17) is 9.84 Å². The average molecular weight is 283 g/mol. The van der Waals surface area contributed by atoms with Crippen LogP contribution in [0.4, 0.5) is 11.9 Å². The molecule has 0 aliphatic heterocycles. The first kappa shape index (κ1) is 16.4. The van der Waals surface area contributed by atoms with Gasteiger partial charge in [0, 0.05) is 19.7 Å². The fraction of sp³-hybridized carbons (Fsp3) is 0.769. The molecule has 0 saturated carbocycles. The van der Waals surface area contributed by atoms with Gasteiger partial charge in [-0.15, -0.1) is 0 Å². The Morgan fingerprint density at radius 1 is 1.10 bits per heavy atom.